The number of hydrogen-bond acceptors (Lipinski definition) is 4. The van der Waals surface area contributed by atoms with E-state index in [0.29, 0.717) is 16.9 Å². The van der Waals surface area contributed by atoms with Crippen LogP contribution in [-0.2, 0) is 11.3 Å². The molecule has 1 amide bonds. The first kappa shape index (κ1) is 20.8. The van der Waals surface area contributed by atoms with Crippen molar-refractivity contribution in [3.8, 4) is 5.75 Å². The molecule has 158 valence electrons. The Bertz CT molecular complexity index is 1010. The van der Waals surface area contributed by atoms with Gasteiger partial charge in [-0.2, -0.15) is 0 Å². The van der Waals surface area contributed by atoms with Crippen LogP contribution in [0.3, 0.4) is 0 Å². The summed E-state index contributed by atoms with van der Waals surface area (Å²) in [6.45, 7) is 3.19. The zero-order valence-electron chi connectivity index (χ0n) is 17.4. The second-order valence-corrected chi connectivity index (χ2v) is 7.74. The zero-order chi connectivity index (χ0) is 21.5. The summed E-state index contributed by atoms with van der Waals surface area (Å²) in [6, 6.07) is 23.9. The van der Waals surface area contributed by atoms with Crippen molar-refractivity contribution < 1.29 is 14.3 Å². The average molecular weight is 415 g/mol. The van der Waals surface area contributed by atoms with Crippen molar-refractivity contribution in [2.45, 2.75) is 19.4 Å². The Kier molecular flexibility index (Phi) is 6.75. The molecule has 31 heavy (non-hydrogen) atoms. The molecule has 0 aromatic heterocycles. The topological polar surface area (TPSA) is 58.6 Å². The van der Waals surface area contributed by atoms with Gasteiger partial charge >= 0.3 is 0 Å². The fourth-order valence-electron chi connectivity index (χ4n) is 3.70. The van der Waals surface area contributed by atoms with Crippen LogP contribution in [0.5, 0.6) is 5.75 Å². The number of carbonyl (C=O) groups is 2. The molecule has 1 heterocycles. The smallest absolute Gasteiger partial charge is 0.262 e. The Morgan fingerprint density at radius 1 is 0.806 bits per heavy atom. The fraction of sp³-hybridized carbons (Fsp3) is 0.231. The molecular weight excluding hydrogens is 388 g/mol. The minimum Gasteiger partial charge on any atom is -0.484 e. The largest absolute Gasteiger partial charge is 0.484 e. The normalized spacial score (nSPS) is 13.7. The lowest BCUT2D eigenvalue weighted by Crippen LogP contribution is -2.20. The number of hydrogen-bond donors (Lipinski definition) is 1. The monoisotopic (exact) mass is 414 g/mol. The van der Waals surface area contributed by atoms with E-state index in [9.17, 15) is 9.59 Å². The summed E-state index contributed by atoms with van der Waals surface area (Å²) in [4.78, 5) is 27.1. The van der Waals surface area contributed by atoms with Gasteiger partial charge in [-0.05, 0) is 67.9 Å². The number of benzene rings is 3. The van der Waals surface area contributed by atoms with E-state index in [2.05, 4.69) is 22.3 Å². The zero-order valence-corrected chi connectivity index (χ0v) is 17.4. The minimum atomic E-state index is -0.225. The number of likely N-dealkylation sites (tertiary alicyclic amines) is 1. The van der Waals surface area contributed by atoms with E-state index < -0.39 is 0 Å². The van der Waals surface area contributed by atoms with Crippen molar-refractivity contribution in [1.82, 2.24) is 4.90 Å². The van der Waals surface area contributed by atoms with Crippen LogP contribution >= 0.6 is 0 Å². The molecular formula is C26H26N2O3. The molecule has 3 aromatic rings. The minimum absolute atomic E-state index is 0.0435. The first-order chi connectivity index (χ1) is 15.2. The van der Waals surface area contributed by atoms with E-state index >= 15 is 0 Å². The number of nitrogens with one attached hydrogen (secondary N) is 1. The summed E-state index contributed by atoms with van der Waals surface area (Å²) in [5, 5.41) is 2.85. The van der Waals surface area contributed by atoms with Crippen LogP contribution in [0.4, 0.5) is 5.69 Å². The molecule has 1 saturated heterocycles. The number of rotatable bonds is 8. The van der Waals surface area contributed by atoms with Gasteiger partial charge in [0.05, 0.1) is 0 Å². The highest BCUT2D eigenvalue weighted by Gasteiger charge is 2.12. The third kappa shape index (κ3) is 5.80. The maximum atomic E-state index is 12.4. The lowest BCUT2D eigenvalue weighted by Gasteiger charge is -2.14. The quantitative estimate of drug-likeness (QED) is 0.550. The van der Waals surface area contributed by atoms with E-state index in [4.69, 9.17) is 4.74 Å². The maximum absolute atomic E-state index is 12.4. The summed E-state index contributed by atoms with van der Waals surface area (Å²) in [6.07, 6.45) is 2.56. The molecule has 0 bridgehead atoms. The third-order valence-corrected chi connectivity index (χ3v) is 5.36. The first-order valence-corrected chi connectivity index (χ1v) is 10.6. The van der Waals surface area contributed by atoms with Gasteiger partial charge in [0, 0.05) is 23.4 Å². The molecule has 5 nitrogen and oxygen atoms in total. The predicted molar refractivity (Wildman–Crippen MR) is 121 cm³/mol. The Morgan fingerprint density at radius 3 is 2.13 bits per heavy atom. The highest BCUT2D eigenvalue weighted by molar-refractivity contribution is 6.09. The summed E-state index contributed by atoms with van der Waals surface area (Å²) >= 11 is 0. The molecule has 0 aliphatic carbocycles. The lowest BCUT2D eigenvalue weighted by atomic mass is 10.0. The average Bonchev–Trinajstić information content (AvgIpc) is 3.32. The van der Waals surface area contributed by atoms with Gasteiger partial charge in [-0.3, -0.25) is 14.5 Å². The first-order valence-electron chi connectivity index (χ1n) is 10.6. The summed E-state index contributed by atoms with van der Waals surface area (Å²) in [5.41, 5.74) is 3.22. The van der Waals surface area contributed by atoms with E-state index in [1.54, 1.807) is 36.4 Å². The van der Waals surface area contributed by atoms with Gasteiger partial charge in [0.2, 0.25) is 0 Å². The molecule has 1 N–H and O–H groups in total. The summed E-state index contributed by atoms with van der Waals surface area (Å²) in [7, 11) is 0. The van der Waals surface area contributed by atoms with Crippen LogP contribution in [0.25, 0.3) is 0 Å². The summed E-state index contributed by atoms with van der Waals surface area (Å²) in [5.74, 6) is 0.274. The predicted octanol–water partition coefficient (Wildman–Crippen LogP) is 4.53. The lowest BCUT2D eigenvalue weighted by molar-refractivity contribution is -0.118. The Balaban J connectivity index is 1.25. The van der Waals surface area contributed by atoms with E-state index in [1.165, 1.54) is 18.4 Å². The van der Waals surface area contributed by atoms with Gasteiger partial charge in [0.15, 0.2) is 12.4 Å². The molecule has 1 fully saturated rings. The van der Waals surface area contributed by atoms with Crippen molar-refractivity contribution in [3.63, 3.8) is 0 Å². The van der Waals surface area contributed by atoms with Gasteiger partial charge in [-0.1, -0.05) is 42.5 Å². The third-order valence-electron chi connectivity index (χ3n) is 5.36. The standard InChI is InChI=1S/C26H26N2O3/c29-25(27-23-12-8-20(9-13-23)18-28-16-4-5-17-28)19-31-24-14-10-22(11-15-24)26(30)21-6-2-1-3-7-21/h1-3,6-15H,4-5,16-19H2,(H,27,29). The number of nitrogens with zero attached hydrogens (tertiary/aromatic N) is 1. The van der Waals surface area contributed by atoms with Crippen LogP contribution < -0.4 is 10.1 Å². The van der Waals surface area contributed by atoms with Gasteiger partial charge in [0.1, 0.15) is 5.75 Å². The van der Waals surface area contributed by atoms with Gasteiger partial charge in [-0.25, -0.2) is 0 Å². The van der Waals surface area contributed by atoms with Crippen molar-refractivity contribution in [2.24, 2.45) is 0 Å². The molecule has 0 unspecified atom stereocenters. The molecule has 5 heteroatoms. The fourth-order valence-corrected chi connectivity index (χ4v) is 3.70. The molecule has 3 aromatic carbocycles. The van der Waals surface area contributed by atoms with E-state index in [-0.39, 0.29) is 18.3 Å². The Morgan fingerprint density at radius 2 is 1.45 bits per heavy atom. The molecule has 0 radical (unpaired) electrons. The van der Waals surface area contributed by atoms with Gasteiger partial charge in [-0.15, -0.1) is 0 Å². The van der Waals surface area contributed by atoms with Crippen molar-refractivity contribution >= 4 is 17.4 Å². The Hall–Kier alpha value is -3.44. The van der Waals surface area contributed by atoms with Crippen molar-refractivity contribution in [2.75, 3.05) is 25.0 Å². The molecule has 0 saturated carbocycles. The molecule has 4 rings (SSSR count). The van der Waals surface area contributed by atoms with Gasteiger partial charge in [0.25, 0.3) is 5.91 Å². The molecule has 0 atom stereocenters. The highest BCUT2D eigenvalue weighted by atomic mass is 16.5. The number of ketones is 1. The van der Waals surface area contributed by atoms with Crippen molar-refractivity contribution in [1.29, 1.82) is 0 Å². The second kappa shape index (κ2) is 10.0. The number of ether oxygens (including phenoxy) is 1. The molecule has 1 aliphatic rings. The Labute approximate surface area is 182 Å². The second-order valence-electron chi connectivity index (χ2n) is 7.74. The van der Waals surface area contributed by atoms with Crippen LogP contribution in [0, 0.1) is 0 Å². The van der Waals surface area contributed by atoms with Crippen LogP contribution in [0.15, 0.2) is 78.9 Å². The van der Waals surface area contributed by atoms with Crippen LogP contribution in [0.2, 0.25) is 0 Å². The molecule has 0 spiro atoms. The molecule has 1 aliphatic heterocycles. The van der Waals surface area contributed by atoms with Gasteiger partial charge < -0.3 is 10.1 Å². The van der Waals surface area contributed by atoms with Crippen LogP contribution in [-0.4, -0.2) is 36.3 Å². The number of anilines is 1. The van der Waals surface area contributed by atoms with E-state index in [0.717, 1.165) is 25.3 Å². The van der Waals surface area contributed by atoms with E-state index in [1.807, 2.05) is 30.3 Å². The highest BCUT2D eigenvalue weighted by Crippen LogP contribution is 2.17. The number of amides is 1. The summed E-state index contributed by atoms with van der Waals surface area (Å²) < 4.78 is 5.56. The maximum Gasteiger partial charge on any atom is 0.262 e. The van der Waals surface area contributed by atoms with Crippen LogP contribution in [0.1, 0.15) is 34.3 Å². The SMILES string of the molecule is O=C(COc1ccc(C(=O)c2ccccc2)cc1)Nc1ccc(CN2CCCC2)cc1. The number of carbonyl (C=O) groups excluding carboxylic acids is 2. The van der Waals surface area contributed by atoms with Crippen molar-refractivity contribution in [3.05, 3.63) is 95.6 Å².